The molecule has 102 valence electrons. The molecule has 1 atom stereocenters. The van der Waals surface area contributed by atoms with Gasteiger partial charge in [0.15, 0.2) is 0 Å². The summed E-state index contributed by atoms with van der Waals surface area (Å²) in [4.78, 5) is 2.43. The van der Waals surface area contributed by atoms with E-state index in [2.05, 4.69) is 27.5 Å². The van der Waals surface area contributed by atoms with E-state index in [-0.39, 0.29) is 6.04 Å². The lowest BCUT2D eigenvalue weighted by atomic mass is 10.2. The maximum Gasteiger partial charge on any atom is 0.124 e. The number of aromatic nitrogens is 2. The van der Waals surface area contributed by atoms with Gasteiger partial charge in [-0.05, 0) is 20.3 Å². The molecular formula is C12H22N4O2. The van der Waals surface area contributed by atoms with Crippen LogP contribution in [0.25, 0.3) is 0 Å². The lowest BCUT2D eigenvalue weighted by Gasteiger charge is -2.20. The second-order valence-corrected chi connectivity index (χ2v) is 4.72. The first-order chi connectivity index (χ1) is 8.77. The zero-order chi connectivity index (χ0) is 12.8. The third-order valence-corrected chi connectivity index (χ3v) is 3.29. The zero-order valence-corrected chi connectivity index (χ0v) is 11.2. The van der Waals surface area contributed by atoms with E-state index in [1.165, 1.54) is 0 Å². The summed E-state index contributed by atoms with van der Waals surface area (Å²) in [7, 11) is 0. The number of nitrogens with zero attached hydrogens (tertiary/aromatic N) is 3. The summed E-state index contributed by atoms with van der Waals surface area (Å²) in [5, 5.41) is 11.2. The largest absolute Gasteiger partial charge is 0.380 e. The van der Waals surface area contributed by atoms with Gasteiger partial charge in [0.1, 0.15) is 11.4 Å². The van der Waals surface area contributed by atoms with Gasteiger partial charge in [-0.2, -0.15) is 0 Å². The smallest absolute Gasteiger partial charge is 0.124 e. The molecule has 2 rings (SSSR count). The lowest BCUT2D eigenvalue weighted by molar-refractivity contribution is 0.141. The molecule has 1 aromatic rings. The molecule has 1 N–H and O–H groups in total. The minimum atomic E-state index is 0.180. The summed E-state index contributed by atoms with van der Waals surface area (Å²) in [6.07, 6.45) is 1.13. The second-order valence-electron chi connectivity index (χ2n) is 4.72. The lowest BCUT2D eigenvalue weighted by Crippen LogP contribution is -2.34. The van der Waals surface area contributed by atoms with E-state index >= 15 is 0 Å². The summed E-state index contributed by atoms with van der Waals surface area (Å²) < 4.78 is 10.1. The van der Waals surface area contributed by atoms with Crippen molar-refractivity contribution in [1.29, 1.82) is 0 Å². The Bertz CT molecular complexity index is 348. The Hall–Kier alpha value is -0.980. The van der Waals surface area contributed by atoms with Crippen LogP contribution in [0.4, 0.5) is 0 Å². The van der Waals surface area contributed by atoms with Crippen LogP contribution in [0.3, 0.4) is 0 Å². The van der Waals surface area contributed by atoms with Crippen molar-refractivity contribution in [2.24, 2.45) is 0 Å². The van der Waals surface area contributed by atoms with Crippen molar-refractivity contribution < 1.29 is 9.37 Å². The van der Waals surface area contributed by atoms with Crippen molar-refractivity contribution in [3.8, 4) is 0 Å². The molecule has 0 unspecified atom stereocenters. The molecule has 2 heterocycles. The molecule has 1 fully saturated rings. The van der Waals surface area contributed by atoms with E-state index < -0.39 is 0 Å². The van der Waals surface area contributed by atoms with Gasteiger partial charge in [0.05, 0.1) is 12.6 Å². The van der Waals surface area contributed by atoms with Gasteiger partial charge < -0.3 is 10.1 Å². The molecule has 18 heavy (non-hydrogen) atoms. The summed E-state index contributed by atoms with van der Waals surface area (Å²) >= 11 is 0. The normalized spacial score (nSPS) is 19.7. The van der Waals surface area contributed by atoms with Gasteiger partial charge in [-0.3, -0.25) is 4.90 Å². The standard InChI is InChI=1S/C12H22N4O2/c1-10(12-11(2)14-18-15-12)13-4-6-16-5-3-8-17-9-7-16/h10,13H,3-9H2,1-2H3/t10-/m0/s1. The Morgan fingerprint density at radius 3 is 3.00 bits per heavy atom. The summed E-state index contributed by atoms with van der Waals surface area (Å²) in [6, 6.07) is 0.180. The van der Waals surface area contributed by atoms with Crippen molar-refractivity contribution >= 4 is 0 Å². The number of hydrogen-bond acceptors (Lipinski definition) is 6. The minimum absolute atomic E-state index is 0.180. The average Bonchev–Trinajstić information content (AvgIpc) is 2.63. The van der Waals surface area contributed by atoms with Crippen LogP contribution in [0.15, 0.2) is 4.63 Å². The number of aryl methyl sites for hydroxylation is 1. The molecule has 0 radical (unpaired) electrons. The number of nitrogens with one attached hydrogen (secondary N) is 1. The Balaban J connectivity index is 1.70. The Morgan fingerprint density at radius 2 is 2.22 bits per heavy atom. The van der Waals surface area contributed by atoms with Crippen molar-refractivity contribution in [3.63, 3.8) is 0 Å². The molecule has 0 aromatic carbocycles. The number of hydrogen-bond donors (Lipinski definition) is 1. The SMILES string of the molecule is Cc1nonc1[C@H](C)NCCN1CCCOCC1. The highest BCUT2D eigenvalue weighted by molar-refractivity contribution is 5.09. The molecule has 1 aliphatic rings. The Kier molecular flexibility index (Phi) is 5.10. The van der Waals surface area contributed by atoms with E-state index in [4.69, 9.17) is 9.37 Å². The van der Waals surface area contributed by atoms with Gasteiger partial charge in [0, 0.05) is 32.8 Å². The van der Waals surface area contributed by atoms with E-state index in [0.29, 0.717) is 0 Å². The predicted molar refractivity (Wildman–Crippen MR) is 67.3 cm³/mol. The highest BCUT2D eigenvalue weighted by Crippen LogP contribution is 2.11. The molecule has 1 saturated heterocycles. The molecule has 0 aliphatic carbocycles. The molecule has 0 amide bonds. The fraction of sp³-hybridized carbons (Fsp3) is 0.833. The fourth-order valence-corrected chi connectivity index (χ4v) is 2.19. The first-order valence-corrected chi connectivity index (χ1v) is 6.60. The molecule has 1 aromatic heterocycles. The predicted octanol–water partition coefficient (Wildman–Crippen LogP) is 0.751. The third kappa shape index (κ3) is 3.76. The first kappa shape index (κ1) is 13.5. The van der Waals surface area contributed by atoms with Gasteiger partial charge in [0.2, 0.25) is 0 Å². The quantitative estimate of drug-likeness (QED) is 0.836. The van der Waals surface area contributed by atoms with Crippen molar-refractivity contribution in [3.05, 3.63) is 11.4 Å². The van der Waals surface area contributed by atoms with Crippen molar-refractivity contribution in [1.82, 2.24) is 20.5 Å². The maximum atomic E-state index is 5.43. The Labute approximate surface area is 108 Å². The molecule has 0 spiro atoms. The van der Waals surface area contributed by atoms with E-state index in [1.54, 1.807) is 0 Å². The zero-order valence-electron chi connectivity index (χ0n) is 11.2. The number of ether oxygens (including phenoxy) is 1. The van der Waals surface area contributed by atoms with Crippen LogP contribution < -0.4 is 5.32 Å². The van der Waals surface area contributed by atoms with E-state index in [0.717, 1.165) is 57.2 Å². The van der Waals surface area contributed by atoms with Crippen LogP contribution in [0.2, 0.25) is 0 Å². The van der Waals surface area contributed by atoms with Crippen LogP contribution in [0.1, 0.15) is 30.8 Å². The minimum Gasteiger partial charge on any atom is -0.380 e. The van der Waals surface area contributed by atoms with E-state index in [1.807, 2.05) is 6.92 Å². The molecule has 0 bridgehead atoms. The fourth-order valence-electron chi connectivity index (χ4n) is 2.19. The highest BCUT2D eigenvalue weighted by atomic mass is 16.6. The van der Waals surface area contributed by atoms with Crippen LogP contribution >= 0.6 is 0 Å². The van der Waals surface area contributed by atoms with Gasteiger partial charge >= 0.3 is 0 Å². The van der Waals surface area contributed by atoms with Crippen molar-refractivity contribution in [2.75, 3.05) is 39.4 Å². The highest BCUT2D eigenvalue weighted by Gasteiger charge is 2.14. The van der Waals surface area contributed by atoms with Gasteiger partial charge in [-0.25, -0.2) is 4.63 Å². The van der Waals surface area contributed by atoms with Crippen molar-refractivity contribution in [2.45, 2.75) is 26.3 Å². The molecule has 6 nitrogen and oxygen atoms in total. The van der Waals surface area contributed by atoms with Gasteiger partial charge in [-0.1, -0.05) is 10.3 Å². The molecule has 1 aliphatic heterocycles. The summed E-state index contributed by atoms with van der Waals surface area (Å²) in [5.41, 5.74) is 1.76. The molecule has 0 saturated carbocycles. The first-order valence-electron chi connectivity index (χ1n) is 6.60. The van der Waals surface area contributed by atoms with Gasteiger partial charge in [0.25, 0.3) is 0 Å². The topological polar surface area (TPSA) is 63.4 Å². The summed E-state index contributed by atoms with van der Waals surface area (Å²) in [6.45, 7) is 9.87. The van der Waals surface area contributed by atoms with Crippen LogP contribution in [-0.2, 0) is 4.74 Å². The molecular weight excluding hydrogens is 232 g/mol. The van der Waals surface area contributed by atoms with Crippen LogP contribution in [0, 0.1) is 6.92 Å². The monoisotopic (exact) mass is 254 g/mol. The van der Waals surface area contributed by atoms with Gasteiger partial charge in [-0.15, -0.1) is 0 Å². The van der Waals surface area contributed by atoms with E-state index in [9.17, 15) is 0 Å². The summed E-state index contributed by atoms with van der Waals surface area (Å²) in [5.74, 6) is 0. The Morgan fingerprint density at radius 1 is 1.33 bits per heavy atom. The average molecular weight is 254 g/mol. The number of rotatable bonds is 5. The third-order valence-electron chi connectivity index (χ3n) is 3.29. The maximum absolute atomic E-state index is 5.43. The van der Waals surface area contributed by atoms with Crippen LogP contribution in [-0.4, -0.2) is 54.6 Å². The van der Waals surface area contributed by atoms with Crippen LogP contribution in [0.5, 0.6) is 0 Å². The second kappa shape index (κ2) is 6.82. The molecule has 6 heteroatoms.